The number of aldehydes is 1. The van der Waals surface area contributed by atoms with Gasteiger partial charge in [0.15, 0.2) is 12.1 Å². The number of rotatable bonds is 5. The summed E-state index contributed by atoms with van der Waals surface area (Å²) in [5, 5.41) is 4.60. The van der Waals surface area contributed by atoms with Crippen molar-refractivity contribution in [2.75, 3.05) is 5.32 Å². The number of aromatic nitrogens is 2. The Balaban J connectivity index is 1.97. The molecule has 1 aromatic heterocycles. The molecule has 0 atom stereocenters. The Bertz CT molecular complexity index is 1410. The van der Waals surface area contributed by atoms with Gasteiger partial charge in [-0.3, -0.25) is 9.36 Å². The van der Waals surface area contributed by atoms with Crippen LogP contribution in [0.1, 0.15) is 16.1 Å². The molecule has 1 heterocycles. The average Bonchev–Trinajstić information content (AvgIpc) is 3.04. The Morgan fingerprint density at radius 3 is 2.24 bits per heavy atom. The smallest absolute Gasteiger partial charge is 0.334 e. The topological polar surface area (TPSA) is 68.4 Å². The van der Waals surface area contributed by atoms with Crippen molar-refractivity contribution in [3.8, 4) is 5.69 Å². The molecule has 0 saturated carbocycles. The van der Waals surface area contributed by atoms with Crippen molar-refractivity contribution in [3.05, 3.63) is 110 Å². The van der Waals surface area contributed by atoms with Gasteiger partial charge in [0, 0.05) is 28.3 Å². The Morgan fingerprint density at radius 2 is 1.61 bits per heavy atom. The van der Waals surface area contributed by atoms with Crippen LogP contribution in [0.15, 0.2) is 82.6 Å². The minimum Gasteiger partial charge on any atom is -0.340 e. The van der Waals surface area contributed by atoms with Crippen LogP contribution in [0.2, 0.25) is 15.1 Å². The van der Waals surface area contributed by atoms with Gasteiger partial charge in [-0.25, -0.2) is 14.4 Å². The van der Waals surface area contributed by atoms with E-state index in [-0.39, 0.29) is 11.5 Å². The van der Waals surface area contributed by atoms with E-state index in [9.17, 15) is 9.59 Å². The number of halogens is 3. The van der Waals surface area contributed by atoms with Crippen molar-refractivity contribution in [2.45, 2.75) is 0 Å². The second-order valence-corrected chi connectivity index (χ2v) is 8.34. The fourth-order valence-corrected chi connectivity index (χ4v) is 3.89. The highest BCUT2D eigenvalue weighted by molar-refractivity contribution is 6.37. The Kier molecular flexibility index (Phi) is 6.70. The van der Waals surface area contributed by atoms with Crippen LogP contribution >= 0.6 is 34.8 Å². The van der Waals surface area contributed by atoms with E-state index in [0.717, 1.165) is 0 Å². The van der Waals surface area contributed by atoms with E-state index in [1.807, 2.05) is 6.07 Å². The third-order valence-corrected chi connectivity index (χ3v) is 5.72. The summed E-state index contributed by atoms with van der Waals surface area (Å²) in [6, 6.07) is 20.9. The first-order chi connectivity index (χ1) is 15.9. The van der Waals surface area contributed by atoms with Gasteiger partial charge in [-0.1, -0.05) is 53.0 Å². The number of benzene rings is 3. The van der Waals surface area contributed by atoms with Gasteiger partial charge in [-0.2, -0.15) is 0 Å². The van der Waals surface area contributed by atoms with Crippen LogP contribution in [0.5, 0.6) is 0 Å². The van der Waals surface area contributed by atoms with Gasteiger partial charge in [0.1, 0.15) is 11.5 Å². The summed E-state index contributed by atoms with van der Waals surface area (Å²) in [7, 11) is 1.52. The largest absolute Gasteiger partial charge is 0.340 e. The first-order valence-corrected chi connectivity index (χ1v) is 10.9. The lowest BCUT2D eigenvalue weighted by molar-refractivity contribution is 0.111. The van der Waals surface area contributed by atoms with E-state index in [4.69, 9.17) is 39.8 Å². The van der Waals surface area contributed by atoms with Gasteiger partial charge in [0.05, 0.1) is 10.7 Å². The van der Waals surface area contributed by atoms with Gasteiger partial charge < -0.3 is 5.32 Å². The van der Waals surface area contributed by atoms with E-state index in [1.165, 1.54) is 16.2 Å². The maximum atomic E-state index is 13.0. The number of hydrogen-bond acceptors (Lipinski definition) is 3. The number of nitrogens with one attached hydrogen (secondary N) is 1. The number of para-hydroxylation sites is 1. The van der Waals surface area contributed by atoms with Crippen molar-refractivity contribution in [3.63, 3.8) is 0 Å². The van der Waals surface area contributed by atoms with Gasteiger partial charge in [0.25, 0.3) is 0 Å². The molecule has 0 spiro atoms. The minimum absolute atomic E-state index is 0.115. The van der Waals surface area contributed by atoms with Gasteiger partial charge in [-0.05, 0) is 54.6 Å². The van der Waals surface area contributed by atoms with E-state index in [0.29, 0.717) is 44.1 Å². The standard InChI is InChI=1S/C24H17Cl3N4O2/c1-30-21(14-32)23(31(24(30)33)18-5-3-2-4-6-18)29-22(19-12-9-16(26)13-20(19)27)28-17-10-7-15(25)8-11-17/h2-14H,1H3,(H,28,29). The highest BCUT2D eigenvalue weighted by atomic mass is 35.5. The van der Waals surface area contributed by atoms with Crippen LogP contribution in [0.25, 0.3) is 5.69 Å². The molecule has 0 aliphatic rings. The molecule has 0 aliphatic carbocycles. The highest BCUT2D eigenvalue weighted by Crippen LogP contribution is 2.27. The first-order valence-electron chi connectivity index (χ1n) is 9.78. The normalized spacial score (nSPS) is 11.5. The van der Waals surface area contributed by atoms with Crippen LogP contribution < -0.4 is 11.0 Å². The number of aliphatic imine (C=N–C) groups is 1. The number of carbonyl (C=O) groups is 1. The molecule has 0 saturated heterocycles. The lowest BCUT2D eigenvalue weighted by atomic mass is 10.2. The van der Waals surface area contributed by atoms with Crippen molar-refractivity contribution < 1.29 is 4.79 Å². The summed E-state index contributed by atoms with van der Waals surface area (Å²) in [5.41, 5.74) is 1.49. The quantitative estimate of drug-likeness (QED) is 0.204. The van der Waals surface area contributed by atoms with E-state index >= 15 is 0 Å². The zero-order valence-electron chi connectivity index (χ0n) is 17.3. The summed E-state index contributed by atoms with van der Waals surface area (Å²) < 4.78 is 2.62. The molecule has 1 N–H and O–H groups in total. The number of anilines is 1. The predicted molar refractivity (Wildman–Crippen MR) is 134 cm³/mol. The summed E-state index contributed by atoms with van der Waals surface area (Å²) in [6.07, 6.45) is 0.600. The minimum atomic E-state index is -0.407. The summed E-state index contributed by atoms with van der Waals surface area (Å²) in [6.45, 7) is 0. The van der Waals surface area contributed by atoms with Crippen LogP contribution in [-0.2, 0) is 7.05 Å². The molecule has 0 radical (unpaired) electrons. The van der Waals surface area contributed by atoms with Crippen LogP contribution in [0.3, 0.4) is 0 Å². The van der Waals surface area contributed by atoms with Gasteiger partial charge >= 0.3 is 5.69 Å². The van der Waals surface area contributed by atoms with E-state index in [2.05, 4.69) is 5.32 Å². The number of nitrogens with zero attached hydrogens (tertiary/aromatic N) is 3. The molecule has 166 valence electrons. The summed E-state index contributed by atoms with van der Waals surface area (Å²) in [4.78, 5) is 29.7. The monoisotopic (exact) mass is 498 g/mol. The molecule has 0 fully saturated rings. The zero-order valence-corrected chi connectivity index (χ0v) is 19.6. The number of carbonyl (C=O) groups excluding carboxylic acids is 1. The lowest BCUT2D eigenvalue weighted by Gasteiger charge is -2.13. The summed E-state index contributed by atoms with van der Waals surface area (Å²) in [5.74, 6) is 0.476. The molecular formula is C24H17Cl3N4O2. The van der Waals surface area contributed by atoms with Gasteiger partial charge in [-0.15, -0.1) is 0 Å². The highest BCUT2D eigenvalue weighted by Gasteiger charge is 2.20. The van der Waals surface area contributed by atoms with E-state index in [1.54, 1.807) is 66.7 Å². The molecule has 33 heavy (non-hydrogen) atoms. The van der Waals surface area contributed by atoms with Crippen molar-refractivity contribution in [1.82, 2.24) is 9.13 Å². The number of amidine groups is 1. The fraction of sp³-hybridized carbons (Fsp3) is 0.0417. The average molecular weight is 500 g/mol. The number of hydrogen-bond donors (Lipinski definition) is 1. The van der Waals surface area contributed by atoms with Crippen LogP contribution in [0.4, 0.5) is 11.5 Å². The second-order valence-electron chi connectivity index (χ2n) is 7.06. The molecule has 6 nitrogen and oxygen atoms in total. The molecule has 4 aromatic rings. The molecule has 0 bridgehead atoms. The Hall–Kier alpha value is -3.32. The molecule has 3 aromatic carbocycles. The molecular weight excluding hydrogens is 483 g/mol. The van der Waals surface area contributed by atoms with E-state index < -0.39 is 5.69 Å². The fourth-order valence-electron chi connectivity index (χ4n) is 3.27. The molecule has 9 heteroatoms. The Morgan fingerprint density at radius 1 is 0.939 bits per heavy atom. The summed E-state index contributed by atoms with van der Waals surface area (Å²) >= 11 is 18.6. The third kappa shape index (κ3) is 4.73. The van der Waals surface area contributed by atoms with Crippen molar-refractivity contribution >= 4 is 58.4 Å². The van der Waals surface area contributed by atoms with Gasteiger partial charge in [0.2, 0.25) is 0 Å². The maximum Gasteiger partial charge on any atom is 0.334 e. The SMILES string of the molecule is Cn1c(C=O)c(/N=C(\Nc2ccc(Cl)cc2)c2ccc(Cl)cc2Cl)n(-c2ccccc2)c1=O. The maximum absolute atomic E-state index is 13.0. The first kappa shape index (κ1) is 22.9. The molecule has 4 rings (SSSR count). The molecule has 0 unspecified atom stereocenters. The molecule has 0 amide bonds. The van der Waals surface area contributed by atoms with Crippen molar-refractivity contribution in [2.24, 2.45) is 12.0 Å². The number of imidazole rings is 1. The van der Waals surface area contributed by atoms with Crippen molar-refractivity contribution in [1.29, 1.82) is 0 Å². The lowest BCUT2D eigenvalue weighted by Crippen LogP contribution is -2.21. The second kappa shape index (κ2) is 9.67. The van der Waals surface area contributed by atoms with Crippen LogP contribution in [0, 0.1) is 0 Å². The molecule has 0 aliphatic heterocycles. The third-order valence-electron chi connectivity index (χ3n) is 4.92. The zero-order chi connectivity index (χ0) is 23.5. The van der Waals surface area contributed by atoms with Crippen LogP contribution in [-0.4, -0.2) is 21.3 Å². The predicted octanol–water partition coefficient (Wildman–Crippen LogP) is 6.14. The Labute approximate surface area is 204 Å².